The molecule has 1 unspecified atom stereocenters. The molecule has 0 aromatic rings. The second-order valence-corrected chi connectivity index (χ2v) is 5.61. The Balaban J connectivity index is 4.45. The SMILES string of the molecule is CCN(CC(C)C(=O)O)C(=O)N(C)CC(=O)NCC(C)C. The van der Waals surface area contributed by atoms with Gasteiger partial charge in [-0.25, -0.2) is 4.79 Å². The molecular weight excluding hydrogens is 274 g/mol. The molecule has 2 N–H and O–H groups in total. The molecule has 0 aliphatic rings. The molecular formula is C14H27N3O4. The molecule has 21 heavy (non-hydrogen) atoms. The van der Waals surface area contributed by atoms with Crippen LogP contribution in [-0.4, -0.2) is 66.0 Å². The number of hydrogen-bond donors (Lipinski definition) is 2. The van der Waals surface area contributed by atoms with Gasteiger partial charge in [0.2, 0.25) is 5.91 Å². The van der Waals surface area contributed by atoms with Crippen molar-refractivity contribution in [2.45, 2.75) is 27.7 Å². The maximum absolute atomic E-state index is 12.2. The normalized spacial score (nSPS) is 11.9. The van der Waals surface area contributed by atoms with Crippen molar-refractivity contribution in [2.75, 3.05) is 33.2 Å². The molecule has 7 nitrogen and oxygen atoms in total. The number of carboxylic acids is 1. The van der Waals surface area contributed by atoms with Crippen molar-refractivity contribution in [2.24, 2.45) is 11.8 Å². The minimum absolute atomic E-state index is 0.0382. The highest BCUT2D eigenvalue weighted by Gasteiger charge is 2.22. The van der Waals surface area contributed by atoms with E-state index in [2.05, 4.69) is 5.32 Å². The quantitative estimate of drug-likeness (QED) is 0.695. The van der Waals surface area contributed by atoms with Crippen molar-refractivity contribution in [3.05, 3.63) is 0 Å². The molecule has 122 valence electrons. The van der Waals surface area contributed by atoms with Crippen molar-refractivity contribution in [1.82, 2.24) is 15.1 Å². The Morgan fingerprint density at radius 3 is 2.19 bits per heavy atom. The third-order valence-corrected chi connectivity index (χ3v) is 2.98. The number of nitrogens with zero attached hydrogens (tertiary/aromatic N) is 2. The molecule has 0 aromatic heterocycles. The predicted molar refractivity (Wildman–Crippen MR) is 79.9 cm³/mol. The van der Waals surface area contributed by atoms with Crippen LogP contribution in [0.15, 0.2) is 0 Å². The van der Waals surface area contributed by atoms with Crippen LogP contribution in [0.4, 0.5) is 4.79 Å². The summed E-state index contributed by atoms with van der Waals surface area (Å²) in [6.45, 7) is 8.35. The van der Waals surface area contributed by atoms with Crippen LogP contribution in [0.25, 0.3) is 0 Å². The molecule has 0 heterocycles. The Kier molecular flexibility index (Phi) is 8.42. The number of urea groups is 1. The molecule has 0 radical (unpaired) electrons. The van der Waals surface area contributed by atoms with Crippen LogP contribution in [0.1, 0.15) is 27.7 Å². The number of hydrogen-bond acceptors (Lipinski definition) is 3. The Labute approximate surface area is 126 Å². The topological polar surface area (TPSA) is 90.0 Å². The van der Waals surface area contributed by atoms with Crippen LogP contribution in [0, 0.1) is 11.8 Å². The molecule has 0 aliphatic heterocycles. The van der Waals surface area contributed by atoms with Gasteiger partial charge in [0.1, 0.15) is 6.54 Å². The van der Waals surface area contributed by atoms with E-state index in [1.807, 2.05) is 13.8 Å². The fraction of sp³-hybridized carbons (Fsp3) is 0.786. The molecule has 0 rings (SSSR count). The average Bonchev–Trinajstić information content (AvgIpc) is 2.41. The maximum atomic E-state index is 12.2. The molecule has 7 heteroatoms. The summed E-state index contributed by atoms with van der Waals surface area (Å²) in [4.78, 5) is 37.4. The fourth-order valence-corrected chi connectivity index (χ4v) is 1.65. The van der Waals surface area contributed by atoms with E-state index >= 15 is 0 Å². The monoisotopic (exact) mass is 301 g/mol. The summed E-state index contributed by atoms with van der Waals surface area (Å²) in [6, 6.07) is -0.342. The first-order valence-electron chi connectivity index (χ1n) is 7.18. The zero-order chi connectivity index (χ0) is 16.6. The molecule has 0 bridgehead atoms. The second-order valence-electron chi connectivity index (χ2n) is 5.61. The van der Waals surface area contributed by atoms with E-state index in [0.717, 1.165) is 0 Å². The lowest BCUT2D eigenvalue weighted by Gasteiger charge is -2.28. The van der Waals surface area contributed by atoms with Gasteiger partial charge in [0.15, 0.2) is 0 Å². The summed E-state index contributed by atoms with van der Waals surface area (Å²) >= 11 is 0. The molecule has 0 saturated carbocycles. The fourth-order valence-electron chi connectivity index (χ4n) is 1.65. The lowest BCUT2D eigenvalue weighted by Crippen LogP contribution is -2.47. The Morgan fingerprint density at radius 1 is 1.19 bits per heavy atom. The van der Waals surface area contributed by atoms with Crippen LogP contribution in [0.5, 0.6) is 0 Å². The first-order valence-corrected chi connectivity index (χ1v) is 7.18. The largest absolute Gasteiger partial charge is 0.481 e. The standard InChI is InChI=1S/C14H27N3O4/c1-6-17(8-11(4)13(19)20)14(21)16(5)9-12(18)15-7-10(2)3/h10-11H,6-9H2,1-5H3,(H,15,18)(H,19,20). The number of aliphatic carboxylic acids is 1. The van der Waals surface area contributed by atoms with Crippen LogP contribution < -0.4 is 5.32 Å². The van der Waals surface area contributed by atoms with E-state index in [-0.39, 0.29) is 25.0 Å². The van der Waals surface area contributed by atoms with Gasteiger partial charge in [-0.2, -0.15) is 0 Å². The molecule has 1 atom stereocenters. The van der Waals surface area contributed by atoms with Gasteiger partial charge in [-0.1, -0.05) is 20.8 Å². The number of carbonyl (C=O) groups is 3. The summed E-state index contributed by atoms with van der Waals surface area (Å²) in [5.41, 5.74) is 0. The van der Waals surface area contributed by atoms with Crippen molar-refractivity contribution in [3.63, 3.8) is 0 Å². The number of nitrogens with one attached hydrogen (secondary N) is 1. The van der Waals surface area contributed by atoms with Gasteiger partial charge < -0.3 is 20.2 Å². The zero-order valence-electron chi connectivity index (χ0n) is 13.5. The number of carboxylic acid groups (broad SMARTS) is 1. The third kappa shape index (κ3) is 7.53. The van der Waals surface area contributed by atoms with Gasteiger partial charge in [0, 0.05) is 26.7 Å². The summed E-state index contributed by atoms with van der Waals surface area (Å²) in [6.07, 6.45) is 0. The van der Waals surface area contributed by atoms with Gasteiger partial charge >= 0.3 is 12.0 Å². The van der Waals surface area contributed by atoms with E-state index < -0.39 is 11.9 Å². The Morgan fingerprint density at radius 2 is 1.76 bits per heavy atom. The molecule has 3 amide bonds. The van der Waals surface area contributed by atoms with Crippen LogP contribution in [0.2, 0.25) is 0 Å². The van der Waals surface area contributed by atoms with Crippen LogP contribution >= 0.6 is 0 Å². The van der Waals surface area contributed by atoms with Crippen LogP contribution in [0.3, 0.4) is 0 Å². The Hall–Kier alpha value is -1.79. The summed E-state index contributed by atoms with van der Waals surface area (Å²) in [7, 11) is 1.53. The number of carbonyl (C=O) groups excluding carboxylic acids is 2. The van der Waals surface area contributed by atoms with Crippen molar-refractivity contribution in [3.8, 4) is 0 Å². The van der Waals surface area contributed by atoms with Crippen molar-refractivity contribution < 1.29 is 19.5 Å². The highest BCUT2D eigenvalue weighted by molar-refractivity contribution is 5.84. The molecule has 0 saturated heterocycles. The first kappa shape index (κ1) is 19.2. The highest BCUT2D eigenvalue weighted by atomic mass is 16.4. The summed E-state index contributed by atoms with van der Waals surface area (Å²) < 4.78 is 0. The number of likely N-dealkylation sites (N-methyl/N-ethyl adjacent to an activating group) is 1. The van der Waals surface area contributed by atoms with E-state index in [9.17, 15) is 14.4 Å². The smallest absolute Gasteiger partial charge is 0.320 e. The molecule has 0 aromatic carbocycles. The third-order valence-electron chi connectivity index (χ3n) is 2.98. The first-order chi connectivity index (χ1) is 9.68. The number of amides is 3. The van der Waals surface area contributed by atoms with E-state index in [0.29, 0.717) is 19.0 Å². The molecule has 0 aliphatic carbocycles. The predicted octanol–water partition coefficient (Wildman–Crippen LogP) is 0.853. The average molecular weight is 301 g/mol. The summed E-state index contributed by atoms with van der Waals surface area (Å²) in [5.74, 6) is -1.46. The lowest BCUT2D eigenvalue weighted by molar-refractivity contribution is -0.141. The summed E-state index contributed by atoms with van der Waals surface area (Å²) in [5, 5.41) is 11.6. The van der Waals surface area contributed by atoms with Crippen LogP contribution in [-0.2, 0) is 9.59 Å². The molecule has 0 spiro atoms. The minimum Gasteiger partial charge on any atom is -0.481 e. The second kappa shape index (κ2) is 9.20. The van der Waals surface area contributed by atoms with Gasteiger partial charge in [0.05, 0.1) is 5.92 Å². The van der Waals surface area contributed by atoms with Crippen molar-refractivity contribution in [1.29, 1.82) is 0 Å². The van der Waals surface area contributed by atoms with Gasteiger partial charge in [-0.05, 0) is 12.8 Å². The number of rotatable bonds is 8. The zero-order valence-corrected chi connectivity index (χ0v) is 13.5. The van der Waals surface area contributed by atoms with Gasteiger partial charge in [-0.3, -0.25) is 9.59 Å². The van der Waals surface area contributed by atoms with Crippen molar-refractivity contribution >= 4 is 17.9 Å². The highest BCUT2D eigenvalue weighted by Crippen LogP contribution is 2.04. The van der Waals surface area contributed by atoms with E-state index in [1.165, 1.54) is 16.8 Å². The lowest BCUT2D eigenvalue weighted by atomic mass is 10.2. The minimum atomic E-state index is -0.946. The maximum Gasteiger partial charge on any atom is 0.320 e. The molecule has 0 fully saturated rings. The van der Waals surface area contributed by atoms with Gasteiger partial charge in [-0.15, -0.1) is 0 Å². The van der Waals surface area contributed by atoms with Gasteiger partial charge in [0.25, 0.3) is 0 Å². The van der Waals surface area contributed by atoms with E-state index in [1.54, 1.807) is 13.8 Å². The Bertz CT molecular complexity index is 371. The van der Waals surface area contributed by atoms with E-state index in [4.69, 9.17) is 5.11 Å².